The zero-order valence-electron chi connectivity index (χ0n) is 14.5. The van der Waals surface area contributed by atoms with Crippen LogP contribution in [-0.4, -0.2) is 11.7 Å². The third-order valence-corrected chi connectivity index (χ3v) is 3.98. The minimum absolute atomic E-state index is 0.216. The molecule has 0 aliphatic carbocycles. The topological polar surface area (TPSA) is 55.5 Å². The van der Waals surface area contributed by atoms with Gasteiger partial charge in [0.2, 0.25) is 0 Å². The van der Waals surface area contributed by atoms with Crippen molar-refractivity contribution in [3.63, 3.8) is 0 Å². The summed E-state index contributed by atoms with van der Waals surface area (Å²) in [7, 11) is 0. The van der Waals surface area contributed by atoms with E-state index in [1.807, 2.05) is 6.92 Å². The SMILES string of the molecule is Cc1cc(C)cc(COCc2cc(C)cc(C)c2C(O)CN)c1. The second-order valence-electron chi connectivity index (χ2n) is 6.39. The Balaban J connectivity index is 2.13. The van der Waals surface area contributed by atoms with E-state index in [2.05, 4.69) is 51.1 Å². The van der Waals surface area contributed by atoms with Gasteiger partial charge in [0.15, 0.2) is 0 Å². The molecule has 0 spiro atoms. The van der Waals surface area contributed by atoms with Gasteiger partial charge >= 0.3 is 0 Å². The van der Waals surface area contributed by atoms with Crippen molar-refractivity contribution in [1.29, 1.82) is 0 Å². The molecular formula is C20H27NO2. The summed E-state index contributed by atoms with van der Waals surface area (Å²) in [5.74, 6) is 0. The molecule has 3 heteroatoms. The molecule has 2 aromatic rings. The summed E-state index contributed by atoms with van der Waals surface area (Å²) in [6.07, 6.45) is -0.643. The molecule has 2 rings (SSSR count). The van der Waals surface area contributed by atoms with Crippen LogP contribution in [0.3, 0.4) is 0 Å². The van der Waals surface area contributed by atoms with Gasteiger partial charge < -0.3 is 15.6 Å². The zero-order chi connectivity index (χ0) is 17.0. The van der Waals surface area contributed by atoms with Crippen LogP contribution in [0, 0.1) is 27.7 Å². The first-order chi connectivity index (χ1) is 10.9. The molecule has 3 nitrogen and oxygen atoms in total. The second-order valence-corrected chi connectivity index (χ2v) is 6.39. The average Bonchev–Trinajstić information content (AvgIpc) is 2.45. The average molecular weight is 313 g/mol. The third-order valence-electron chi connectivity index (χ3n) is 3.98. The lowest BCUT2D eigenvalue weighted by molar-refractivity contribution is 0.103. The fourth-order valence-corrected chi connectivity index (χ4v) is 3.21. The van der Waals surface area contributed by atoms with Gasteiger partial charge in [-0.05, 0) is 49.9 Å². The van der Waals surface area contributed by atoms with Crippen LogP contribution in [0.2, 0.25) is 0 Å². The van der Waals surface area contributed by atoms with Crippen LogP contribution >= 0.6 is 0 Å². The maximum atomic E-state index is 10.2. The van der Waals surface area contributed by atoms with Gasteiger partial charge in [-0.2, -0.15) is 0 Å². The standard InChI is InChI=1S/C20H27NO2/c1-13-5-14(2)8-17(7-13)11-23-12-18-9-15(3)6-16(4)20(18)19(22)10-21/h5-9,19,22H,10-12,21H2,1-4H3. The van der Waals surface area contributed by atoms with Gasteiger partial charge in [-0.1, -0.05) is 47.0 Å². The highest BCUT2D eigenvalue weighted by molar-refractivity contribution is 5.39. The van der Waals surface area contributed by atoms with E-state index in [1.54, 1.807) is 0 Å². The largest absolute Gasteiger partial charge is 0.387 e. The molecule has 1 atom stereocenters. The number of aryl methyl sites for hydroxylation is 4. The Morgan fingerprint density at radius 1 is 0.913 bits per heavy atom. The molecule has 0 bridgehead atoms. The summed E-state index contributed by atoms with van der Waals surface area (Å²) < 4.78 is 5.91. The van der Waals surface area contributed by atoms with Crippen LogP contribution in [0.5, 0.6) is 0 Å². The van der Waals surface area contributed by atoms with Crippen molar-refractivity contribution in [2.75, 3.05) is 6.54 Å². The van der Waals surface area contributed by atoms with Crippen LogP contribution in [0.25, 0.3) is 0 Å². The van der Waals surface area contributed by atoms with E-state index in [4.69, 9.17) is 10.5 Å². The first kappa shape index (κ1) is 17.7. The van der Waals surface area contributed by atoms with Crippen molar-refractivity contribution >= 4 is 0 Å². The zero-order valence-corrected chi connectivity index (χ0v) is 14.5. The van der Waals surface area contributed by atoms with E-state index in [0.29, 0.717) is 13.2 Å². The number of benzene rings is 2. The molecule has 0 aliphatic rings. The monoisotopic (exact) mass is 313 g/mol. The molecule has 0 amide bonds. The highest BCUT2D eigenvalue weighted by Crippen LogP contribution is 2.24. The second kappa shape index (κ2) is 7.73. The fourth-order valence-electron chi connectivity index (χ4n) is 3.21. The summed E-state index contributed by atoms with van der Waals surface area (Å²) in [6, 6.07) is 10.6. The van der Waals surface area contributed by atoms with Crippen molar-refractivity contribution in [2.45, 2.75) is 47.0 Å². The van der Waals surface area contributed by atoms with Crippen LogP contribution < -0.4 is 5.73 Å². The van der Waals surface area contributed by atoms with Crippen molar-refractivity contribution in [1.82, 2.24) is 0 Å². The van der Waals surface area contributed by atoms with E-state index in [-0.39, 0.29) is 6.54 Å². The van der Waals surface area contributed by atoms with Crippen molar-refractivity contribution < 1.29 is 9.84 Å². The third kappa shape index (κ3) is 4.64. The van der Waals surface area contributed by atoms with E-state index in [0.717, 1.165) is 16.7 Å². The molecule has 0 saturated carbocycles. The molecular weight excluding hydrogens is 286 g/mol. The van der Waals surface area contributed by atoms with E-state index >= 15 is 0 Å². The first-order valence-corrected chi connectivity index (χ1v) is 8.03. The summed E-state index contributed by atoms with van der Waals surface area (Å²) in [4.78, 5) is 0. The van der Waals surface area contributed by atoms with E-state index < -0.39 is 6.10 Å². The highest BCUT2D eigenvalue weighted by Gasteiger charge is 2.14. The van der Waals surface area contributed by atoms with Crippen molar-refractivity contribution in [3.8, 4) is 0 Å². The van der Waals surface area contributed by atoms with Crippen LogP contribution in [0.4, 0.5) is 0 Å². The Morgan fingerprint density at radius 2 is 1.52 bits per heavy atom. The molecule has 0 fully saturated rings. The summed E-state index contributed by atoms with van der Waals surface area (Å²) in [5.41, 5.74) is 13.5. The molecule has 0 heterocycles. The van der Waals surface area contributed by atoms with Gasteiger partial charge in [0.05, 0.1) is 19.3 Å². The number of aliphatic hydroxyl groups excluding tert-OH is 1. The molecule has 124 valence electrons. The maximum Gasteiger partial charge on any atom is 0.0918 e. The lowest BCUT2D eigenvalue weighted by atomic mass is 9.95. The van der Waals surface area contributed by atoms with Gasteiger partial charge in [0, 0.05) is 6.54 Å². The molecule has 2 aromatic carbocycles. The molecule has 0 saturated heterocycles. The van der Waals surface area contributed by atoms with Gasteiger partial charge in [-0.25, -0.2) is 0 Å². The smallest absolute Gasteiger partial charge is 0.0918 e. The van der Waals surface area contributed by atoms with Crippen molar-refractivity contribution in [3.05, 3.63) is 69.3 Å². The minimum Gasteiger partial charge on any atom is -0.387 e. The quantitative estimate of drug-likeness (QED) is 0.856. The molecule has 1 unspecified atom stereocenters. The summed E-state index contributed by atoms with van der Waals surface area (Å²) in [5, 5.41) is 10.2. The Hall–Kier alpha value is -1.68. The summed E-state index contributed by atoms with van der Waals surface area (Å²) >= 11 is 0. The lowest BCUT2D eigenvalue weighted by Gasteiger charge is -2.18. The molecule has 0 aromatic heterocycles. The lowest BCUT2D eigenvalue weighted by Crippen LogP contribution is -2.15. The predicted molar refractivity (Wildman–Crippen MR) is 94.3 cm³/mol. The number of hydrogen-bond acceptors (Lipinski definition) is 3. The maximum absolute atomic E-state index is 10.2. The van der Waals surface area contributed by atoms with Crippen LogP contribution in [-0.2, 0) is 18.0 Å². The molecule has 23 heavy (non-hydrogen) atoms. The Kier molecular flexibility index (Phi) is 5.94. The van der Waals surface area contributed by atoms with Gasteiger partial charge in [0.1, 0.15) is 0 Å². The molecule has 0 aliphatic heterocycles. The summed E-state index contributed by atoms with van der Waals surface area (Å²) in [6.45, 7) is 9.50. The number of hydrogen-bond donors (Lipinski definition) is 2. The van der Waals surface area contributed by atoms with Crippen LogP contribution in [0.15, 0.2) is 30.3 Å². The number of rotatable bonds is 6. The Labute approximate surface area is 139 Å². The number of nitrogens with two attached hydrogens (primary N) is 1. The number of ether oxygens (including phenoxy) is 1. The fraction of sp³-hybridized carbons (Fsp3) is 0.400. The van der Waals surface area contributed by atoms with Crippen molar-refractivity contribution in [2.24, 2.45) is 5.73 Å². The Morgan fingerprint density at radius 3 is 2.13 bits per heavy atom. The normalized spacial score (nSPS) is 12.4. The highest BCUT2D eigenvalue weighted by atomic mass is 16.5. The van der Waals surface area contributed by atoms with Gasteiger partial charge in [-0.15, -0.1) is 0 Å². The predicted octanol–water partition coefficient (Wildman–Crippen LogP) is 3.63. The van der Waals surface area contributed by atoms with E-state index in [9.17, 15) is 5.11 Å². The Bertz CT molecular complexity index is 659. The number of aliphatic hydroxyl groups is 1. The van der Waals surface area contributed by atoms with Crippen LogP contribution in [0.1, 0.15) is 45.0 Å². The van der Waals surface area contributed by atoms with Gasteiger partial charge in [-0.3, -0.25) is 0 Å². The first-order valence-electron chi connectivity index (χ1n) is 8.03. The van der Waals surface area contributed by atoms with E-state index in [1.165, 1.54) is 22.3 Å². The minimum atomic E-state index is -0.643. The molecule has 3 N–H and O–H groups in total. The van der Waals surface area contributed by atoms with Gasteiger partial charge in [0.25, 0.3) is 0 Å². The molecule has 0 radical (unpaired) electrons.